The minimum Gasteiger partial charge on any atom is -0.454 e. The van der Waals surface area contributed by atoms with Gasteiger partial charge in [0.25, 0.3) is 5.91 Å². The second-order valence-electron chi connectivity index (χ2n) is 6.57. The number of nitrogens with zero attached hydrogens (tertiary/aromatic N) is 2. The number of piperazine rings is 1. The number of ether oxygens (including phenoxy) is 2. The Bertz CT molecular complexity index is 890. The number of anilines is 1. The lowest BCUT2D eigenvalue weighted by Crippen LogP contribution is -2.48. The van der Waals surface area contributed by atoms with Crippen LogP contribution < -0.4 is 14.4 Å². The Labute approximate surface area is 162 Å². The van der Waals surface area contributed by atoms with Crippen molar-refractivity contribution >= 4 is 29.0 Å². The Morgan fingerprint density at radius 2 is 1.67 bits per heavy atom. The fraction of sp³-hybridized carbons (Fsp3) is 0.300. The van der Waals surface area contributed by atoms with E-state index in [2.05, 4.69) is 4.90 Å². The third-order valence-corrected chi connectivity index (χ3v) is 5.16. The van der Waals surface area contributed by atoms with Gasteiger partial charge < -0.3 is 19.3 Å². The van der Waals surface area contributed by atoms with Crippen molar-refractivity contribution in [1.29, 1.82) is 0 Å². The van der Waals surface area contributed by atoms with E-state index in [4.69, 9.17) is 21.1 Å². The summed E-state index contributed by atoms with van der Waals surface area (Å²) in [6, 6.07) is 10.9. The summed E-state index contributed by atoms with van der Waals surface area (Å²) in [6.45, 7) is 4.35. The second-order valence-corrected chi connectivity index (χ2v) is 6.98. The number of halogens is 1. The van der Waals surface area contributed by atoms with E-state index in [0.29, 0.717) is 40.7 Å². The number of hydrogen-bond donors (Lipinski definition) is 0. The molecular formula is C20H19ClN2O4. The van der Waals surface area contributed by atoms with Gasteiger partial charge in [-0.15, -0.1) is 0 Å². The summed E-state index contributed by atoms with van der Waals surface area (Å²) >= 11 is 6.19. The molecule has 0 atom stereocenters. The van der Waals surface area contributed by atoms with Crippen LogP contribution in [0, 0.1) is 0 Å². The molecule has 0 aromatic heterocycles. The first-order valence-electron chi connectivity index (χ1n) is 8.77. The number of rotatable bonds is 3. The predicted octanol–water partition coefficient (Wildman–Crippen LogP) is 3.23. The smallest absolute Gasteiger partial charge is 0.254 e. The van der Waals surface area contributed by atoms with Crippen LogP contribution >= 0.6 is 11.6 Å². The molecule has 7 heteroatoms. The van der Waals surface area contributed by atoms with Gasteiger partial charge in [-0.2, -0.15) is 0 Å². The number of ketones is 1. The fourth-order valence-corrected chi connectivity index (χ4v) is 3.61. The lowest BCUT2D eigenvalue weighted by molar-refractivity contribution is 0.0746. The summed E-state index contributed by atoms with van der Waals surface area (Å²) in [4.78, 5) is 28.2. The third kappa shape index (κ3) is 3.45. The Hall–Kier alpha value is -2.73. The van der Waals surface area contributed by atoms with E-state index in [0.717, 1.165) is 18.8 Å². The average molecular weight is 387 g/mol. The zero-order chi connectivity index (χ0) is 19.0. The molecule has 0 spiro atoms. The van der Waals surface area contributed by atoms with Crippen molar-refractivity contribution in [3.63, 3.8) is 0 Å². The van der Waals surface area contributed by atoms with Gasteiger partial charge in [0.05, 0.1) is 5.02 Å². The van der Waals surface area contributed by atoms with Gasteiger partial charge in [0.1, 0.15) is 0 Å². The molecule has 1 fully saturated rings. The van der Waals surface area contributed by atoms with Gasteiger partial charge in [-0.25, -0.2) is 0 Å². The Balaban J connectivity index is 1.42. The number of amides is 1. The summed E-state index contributed by atoms with van der Waals surface area (Å²) in [5, 5.41) is 0.387. The molecule has 0 saturated carbocycles. The molecule has 2 heterocycles. The van der Waals surface area contributed by atoms with E-state index < -0.39 is 0 Å². The van der Waals surface area contributed by atoms with Crippen LogP contribution in [0.4, 0.5) is 5.69 Å². The highest BCUT2D eigenvalue weighted by molar-refractivity contribution is 6.32. The zero-order valence-corrected chi connectivity index (χ0v) is 15.7. The molecule has 0 unspecified atom stereocenters. The molecule has 0 radical (unpaired) electrons. The van der Waals surface area contributed by atoms with Gasteiger partial charge in [0, 0.05) is 43.0 Å². The minimum absolute atomic E-state index is 0.0550. The normalized spacial score (nSPS) is 15.8. The van der Waals surface area contributed by atoms with Crippen LogP contribution in [0.3, 0.4) is 0 Å². The molecule has 0 N–H and O–H groups in total. The fourth-order valence-electron chi connectivity index (χ4n) is 3.35. The summed E-state index contributed by atoms with van der Waals surface area (Å²) in [5.41, 5.74) is 2.26. The van der Waals surface area contributed by atoms with Crippen molar-refractivity contribution < 1.29 is 19.1 Å². The molecule has 1 amide bonds. The van der Waals surface area contributed by atoms with E-state index in [1.807, 2.05) is 29.2 Å². The monoisotopic (exact) mass is 386 g/mol. The first-order chi connectivity index (χ1) is 13.0. The predicted molar refractivity (Wildman–Crippen MR) is 102 cm³/mol. The molecule has 2 aliphatic heterocycles. The Kier molecular flexibility index (Phi) is 4.66. The van der Waals surface area contributed by atoms with Crippen LogP contribution in [0.5, 0.6) is 11.5 Å². The van der Waals surface area contributed by atoms with Gasteiger partial charge in [-0.3, -0.25) is 9.59 Å². The Morgan fingerprint density at radius 1 is 0.963 bits per heavy atom. The molecular weight excluding hydrogens is 368 g/mol. The van der Waals surface area contributed by atoms with Crippen LogP contribution in [0.25, 0.3) is 0 Å². The van der Waals surface area contributed by atoms with Crippen molar-refractivity contribution in [1.82, 2.24) is 4.90 Å². The number of carbonyl (C=O) groups excluding carboxylic acids is 2. The van der Waals surface area contributed by atoms with Crippen molar-refractivity contribution in [2.75, 3.05) is 37.9 Å². The van der Waals surface area contributed by atoms with E-state index >= 15 is 0 Å². The SMILES string of the molecule is CC(=O)c1ccc(N2CCN(C(=O)c3cc(Cl)c4c(c3)OCO4)CC2)cc1. The molecule has 1 saturated heterocycles. The number of hydrogen-bond acceptors (Lipinski definition) is 5. The van der Waals surface area contributed by atoms with Gasteiger partial charge >= 0.3 is 0 Å². The first-order valence-corrected chi connectivity index (χ1v) is 9.15. The second kappa shape index (κ2) is 7.12. The standard InChI is InChI=1S/C20H19ClN2O4/c1-13(24)14-2-4-16(5-3-14)22-6-8-23(9-7-22)20(25)15-10-17(21)19-18(11-15)26-12-27-19/h2-5,10-11H,6-9,12H2,1H3. The van der Waals surface area contributed by atoms with Crippen LogP contribution in [-0.4, -0.2) is 49.6 Å². The molecule has 140 valence electrons. The van der Waals surface area contributed by atoms with Crippen LogP contribution in [0.1, 0.15) is 27.6 Å². The highest BCUT2D eigenvalue weighted by atomic mass is 35.5. The minimum atomic E-state index is -0.0678. The summed E-state index contributed by atoms with van der Waals surface area (Å²) in [6.07, 6.45) is 0. The lowest BCUT2D eigenvalue weighted by Gasteiger charge is -2.36. The van der Waals surface area contributed by atoms with E-state index in [1.54, 1.807) is 19.1 Å². The number of fused-ring (bicyclic) bond motifs is 1. The van der Waals surface area contributed by atoms with E-state index in [-0.39, 0.29) is 18.5 Å². The highest BCUT2D eigenvalue weighted by Crippen LogP contribution is 2.40. The average Bonchev–Trinajstić information content (AvgIpc) is 3.17. The summed E-state index contributed by atoms with van der Waals surface area (Å²) < 4.78 is 10.6. The maximum absolute atomic E-state index is 12.8. The number of benzene rings is 2. The van der Waals surface area contributed by atoms with Crippen molar-refractivity contribution in [2.45, 2.75) is 6.92 Å². The molecule has 0 aliphatic carbocycles. The first kappa shape index (κ1) is 17.7. The molecule has 2 aromatic rings. The quantitative estimate of drug-likeness (QED) is 0.758. The maximum atomic E-state index is 12.8. The zero-order valence-electron chi connectivity index (χ0n) is 14.9. The van der Waals surface area contributed by atoms with Gasteiger partial charge in [0.15, 0.2) is 17.3 Å². The van der Waals surface area contributed by atoms with Crippen molar-refractivity contribution in [3.05, 3.63) is 52.5 Å². The topological polar surface area (TPSA) is 59.1 Å². The summed E-state index contributed by atoms with van der Waals surface area (Å²) in [5.74, 6) is 0.989. The van der Waals surface area contributed by atoms with Crippen LogP contribution in [0.15, 0.2) is 36.4 Å². The Morgan fingerprint density at radius 3 is 2.33 bits per heavy atom. The number of carbonyl (C=O) groups is 2. The van der Waals surface area contributed by atoms with Gasteiger partial charge in [-0.1, -0.05) is 11.6 Å². The molecule has 6 nitrogen and oxygen atoms in total. The molecule has 2 aliphatic rings. The van der Waals surface area contributed by atoms with Crippen LogP contribution in [-0.2, 0) is 0 Å². The van der Waals surface area contributed by atoms with E-state index in [1.165, 1.54) is 0 Å². The third-order valence-electron chi connectivity index (χ3n) is 4.88. The molecule has 27 heavy (non-hydrogen) atoms. The van der Waals surface area contributed by atoms with Crippen molar-refractivity contribution in [3.8, 4) is 11.5 Å². The largest absolute Gasteiger partial charge is 0.454 e. The molecule has 4 rings (SSSR count). The maximum Gasteiger partial charge on any atom is 0.254 e. The molecule has 0 bridgehead atoms. The van der Waals surface area contributed by atoms with Gasteiger partial charge in [-0.05, 0) is 43.3 Å². The van der Waals surface area contributed by atoms with Crippen molar-refractivity contribution in [2.24, 2.45) is 0 Å². The van der Waals surface area contributed by atoms with Crippen LogP contribution in [0.2, 0.25) is 5.02 Å². The highest BCUT2D eigenvalue weighted by Gasteiger charge is 2.26. The summed E-state index contributed by atoms with van der Waals surface area (Å²) in [7, 11) is 0. The number of Topliss-reactive ketones (excluding diaryl/α,β-unsaturated/α-hetero) is 1. The molecule has 2 aromatic carbocycles. The van der Waals surface area contributed by atoms with Gasteiger partial charge in [0.2, 0.25) is 6.79 Å². The lowest BCUT2D eigenvalue weighted by atomic mass is 10.1. The van der Waals surface area contributed by atoms with E-state index in [9.17, 15) is 9.59 Å².